The summed E-state index contributed by atoms with van der Waals surface area (Å²) < 4.78 is 4.96. The number of ether oxygens (including phenoxy) is 1. The fraction of sp³-hybridized carbons (Fsp3) is 0.429. The molecule has 1 atom stereocenters. The molecule has 1 aromatic carbocycles. The van der Waals surface area contributed by atoms with Crippen molar-refractivity contribution in [2.45, 2.75) is 32.6 Å². The van der Waals surface area contributed by atoms with Crippen molar-refractivity contribution in [1.82, 2.24) is 0 Å². The molecule has 0 saturated heterocycles. The van der Waals surface area contributed by atoms with Crippen LogP contribution in [0.2, 0.25) is 0 Å². The van der Waals surface area contributed by atoms with E-state index >= 15 is 0 Å². The fourth-order valence-corrected chi connectivity index (χ4v) is 1.74. The highest BCUT2D eigenvalue weighted by molar-refractivity contribution is 6.34. The zero-order valence-electron chi connectivity index (χ0n) is 10.8. The van der Waals surface area contributed by atoms with Crippen LogP contribution < -0.4 is 0 Å². The normalized spacial score (nSPS) is 12.0. The van der Waals surface area contributed by atoms with Crippen molar-refractivity contribution in [3.05, 3.63) is 34.9 Å². The molecule has 0 bridgehead atoms. The number of rotatable bonds is 5. The van der Waals surface area contributed by atoms with Gasteiger partial charge in [0.25, 0.3) is 0 Å². The maximum absolute atomic E-state index is 11.9. The Morgan fingerprint density at radius 3 is 2.44 bits per heavy atom. The number of aryl methyl sites for hydroxylation is 1. The van der Waals surface area contributed by atoms with E-state index in [1.165, 1.54) is 0 Å². The van der Waals surface area contributed by atoms with Crippen molar-refractivity contribution >= 4 is 23.4 Å². The highest BCUT2D eigenvalue weighted by atomic mass is 35.5. The first-order chi connectivity index (χ1) is 8.51. The molecule has 4 heteroatoms. The summed E-state index contributed by atoms with van der Waals surface area (Å²) in [5.41, 5.74) is 1.61. The minimum absolute atomic E-state index is 0.262. The van der Waals surface area contributed by atoms with Crippen molar-refractivity contribution in [2.24, 2.45) is 0 Å². The van der Waals surface area contributed by atoms with Gasteiger partial charge >= 0.3 is 5.97 Å². The number of halogens is 1. The summed E-state index contributed by atoms with van der Waals surface area (Å²) >= 11 is 5.79. The largest absolute Gasteiger partial charge is 0.462 e. The van der Waals surface area contributed by atoms with Gasteiger partial charge in [0.05, 0.1) is 17.5 Å². The Bertz CT molecular complexity index is 452. The van der Waals surface area contributed by atoms with Crippen LogP contribution in [0.4, 0.5) is 0 Å². The molecule has 98 valence electrons. The Morgan fingerprint density at radius 2 is 1.94 bits per heavy atom. The molecule has 1 unspecified atom stereocenters. The Hall–Kier alpha value is -1.35. The Labute approximate surface area is 112 Å². The lowest BCUT2D eigenvalue weighted by Crippen LogP contribution is -2.17. The van der Waals surface area contributed by atoms with Crippen molar-refractivity contribution < 1.29 is 14.3 Å². The van der Waals surface area contributed by atoms with Gasteiger partial charge in [0.15, 0.2) is 5.78 Å². The molecule has 0 N–H and O–H groups in total. The smallest absolute Gasteiger partial charge is 0.338 e. The average molecular weight is 269 g/mol. The minimum atomic E-state index is -0.661. The average Bonchev–Trinajstić information content (AvgIpc) is 2.37. The lowest BCUT2D eigenvalue weighted by Gasteiger charge is -2.10. The van der Waals surface area contributed by atoms with Crippen molar-refractivity contribution in [3.63, 3.8) is 0 Å². The Kier molecular flexibility index (Phi) is 5.35. The molecule has 0 heterocycles. The fourth-order valence-electron chi connectivity index (χ4n) is 1.62. The first-order valence-corrected chi connectivity index (χ1v) is 6.43. The van der Waals surface area contributed by atoms with Gasteiger partial charge < -0.3 is 4.74 Å². The Morgan fingerprint density at radius 1 is 1.28 bits per heavy atom. The number of carbonyl (C=O) groups is 2. The molecule has 1 rings (SSSR count). The third kappa shape index (κ3) is 3.33. The standard InChI is InChI=1S/C14H17ClO3/c1-4-10-6-7-11(13(16)9(3)15)12(8-10)14(17)18-5-2/h6-9H,4-5H2,1-3H3. The van der Waals surface area contributed by atoms with E-state index in [-0.39, 0.29) is 12.4 Å². The number of hydrogen-bond acceptors (Lipinski definition) is 3. The number of Topliss-reactive ketones (excluding diaryl/α,β-unsaturated/α-hetero) is 1. The first-order valence-electron chi connectivity index (χ1n) is 5.99. The molecule has 3 nitrogen and oxygen atoms in total. The summed E-state index contributed by atoms with van der Waals surface area (Å²) in [4.78, 5) is 23.8. The van der Waals surface area contributed by atoms with Crippen LogP contribution in [0.5, 0.6) is 0 Å². The monoisotopic (exact) mass is 268 g/mol. The van der Waals surface area contributed by atoms with E-state index in [1.807, 2.05) is 13.0 Å². The number of alkyl halides is 1. The van der Waals surface area contributed by atoms with Gasteiger partial charge in [-0.05, 0) is 31.9 Å². The maximum atomic E-state index is 11.9. The van der Waals surface area contributed by atoms with Crippen LogP contribution in [0.25, 0.3) is 0 Å². The number of benzene rings is 1. The molecule has 0 aliphatic carbocycles. The summed E-state index contributed by atoms with van der Waals surface area (Å²) in [6.45, 7) is 5.58. The van der Waals surface area contributed by atoms with Crippen LogP contribution >= 0.6 is 11.6 Å². The summed E-state index contributed by atoms with van der Waals surface area (Å²) in [6.07, 6.45) is 0.789. The van der Waals surface area contributed by atoms with Crippen LogP contribution in [-0.4, -0.2) is 23.7 Å². The zero-order chi connectivity index (χ0) is 13.7. The van der Waals surface area contributed by atoms with Gasteiger partial charge in [-0.25, -0.2) is 4.79 Å². The van der Waals surface area contributed by atoms with E-state index in [2.05, 4.69) is 0 Å². The SMILES string of the molecule is CCOC(=O)c1cc(CC)ccc1C(=O)C(C)Cl. The molecule has 0 aliphatic rings. The van der Waals surface area contributed by atoms with Gasteiger partial charge in [0.2, 0.25) is 0 Å². The van der Waals surface area contributed by atoms with Gasteiger partial charge in [-0.15, -0.1) is 11.6 Å². The molecule has 0 radical (unpaired) electrons. The Balaban J connectivity index is 3.24. The van der Waals surface area contributed by atoms with Crippen molar-refractivity contribution in [3.8, 4) is 0 Å². The highest BCUT2D eigenvalue weighted by Gasteiger charge is 2.21. The summed E-state index contributed by atoms with van der Waals surface area (Å²) in [5, 5.41) is -0.661. The molecule has 0 aromatic heterocycles. The molecule has 0 amide bonds. The van der Waals surface area contributed by atoms with E-state index in [4.69, 9.17) is 16.3 Å². The number of ketones is 1. The maximum Gasteiger partial charge on any atom is 0.338 e. The molecule has 0 fully saturated rings. The van der Waals surface area contributed by atoms with E-state index in [0.29, 0.717) is 11.1 Å². The second-order valence-electron chi connectivity index (χ2n) is 3.93. The van der Waals surface area contributed by atoms with Gasteiger partial charge in [0, 0.05) is 5.56 Å². The lowest BCUT2D eigenvalue weighted by molar-refractivity contribution is 0.0523. The lowest BCUT2D eigenvalue weighted by atomic mass is 9.98. The summed E-state index contributed by atoms with van der Waals surface area (Å²) in [7, 11) is 0. The molecular formula is C14H17ClO3. The van der Waals surface area contributed by atoms with Crippen LogP contribution in [0.3, 0.4) is 0 Å². The summed E-state index contributed by atoms with van der Waals surface area (Å²) in [6, 6.07) is 5.17. The van der Waals surface area contributed by atoms with Crippen LogP contribution in [-0.2, 0) is 11.2 Å². The van der Waals surface area contributed by atoms with Crippen LogP contribution in [0.1, 0.15) is 47.1 Å². The number of esters is 1. The second kappa shape index (κ2) is 6.55. The molecule has 0 spiro atoms. The third-order valence-electron chi connectivity index (χ3n) is 2.61. The zero-order valence-corrected chi connectivity index (χ0v) is 11.6. The van der Waals surface area contributed by atoms with Crippen LogP contribution in [0.15, 0.2) is 18.2 Å². The van der Waals surface area contributed by atoms with Crippen LogP contribution in [0, 0.1) is 0 Å². The topological polar surface area (TPSA) is 43.4 Å². The minimum Gasteiger partial charge on any atom is -0.462 e. The molecule has 0 aliphatic heterocycles. The predicted octanol–water partition coefficient (Wildman–Crippen LogP) is 3.24. The van der Waals surface area contributed by atoms with E-state index < -0.39 is 11.3 Å². The van der Waals surface area contributed by atoms with Gasteiger partial charge in [-0.2, -0.15) is 0 Å². The first kappa shape index (κ1) is 14.7. The van der Waals surface area contributed by atoms with Crippen molar-refractivity contribution in [1.29, 1.82) is 0 Å². The molecule has 1 aromatic rings. The number of hydrogen-bond donors (Lipinski definition) is 0. The third-order valence-corrected chi connectivity index (χ3v) is 2.81. The van der Waals surface area contributed by atoms with Gasteiger partial charge in [0.1, 0.15) is 0 Å². The predicted molar refractivity (Wildman–Crippen MR) is 71.4 cm³/mol. The second-order valence-corrected chi connectivity index (χ2v) is 4.59. The van der Waals surface area contributed by atoms with Gasteiger partial charge in [-0.1, -0.05) is 19.1 Å². The quantitative estimate of drug-likeness (QED) is 0.468. The number of carbonyl (C=O) groups excluding carboxylic acids is 2. The van der Waals surface area contributed by atoms with E-state index in [9.17, 15) is 9.59 Å². The van der Waals surface area contributed by atoms with E-state index in [0.717, 1.165) is 12.0 Å². The molecule has 18 heavy (non-hydrogen) atoms. The summed E-state index contributed by atoms with van der Waals surface area (Å²) in [5.74, 6) is -0.740. The molecule has 0 saturated carbocycles. The van der Waals surface area contributed by atoms with Gasteiger partial charge in [-0.3, -0.25) is 4.79 Å². The van der Waals surface area contributed by atoms with Crippen molar-refractivity contribution in [2.75, 3.05) is 6.61 Å². The highest BCUT2D eigenvalue weighted by Crippen LogP contribution is 2.18. The molecular weight excluding hydrogens is 252 g/mol. The van der Waals surface area contributed by atoms with E-state index in [1.54, 1.807) is 26.0 Å².